The van der Waals surface area contributed by atoms with E-state index in [9.17, 15) is 9.59 Å². The third-order valence-corrected chi connectivity index (χ3v) is 4.04. The predicted octanol–water partition coefficient (Wildman–Crippen LogP) is 2.86. The largest absolute Gasteiger partial charge is 0.459 e. The lowest BCUT2D eigenvalue weighted by molar-refractivity contribution is -0.147. The van der Waals surface area contributed by atoms with Gasteiger partial charge in [-0.2, -0.15) is 0 Å². The quantitative estimate of drug-likeness (QED) is 0.401. The molecule has 0 saturated heterocycles. The smallest absolute Gasteiger partial charge is 0.408 e. The Bertz CT molecular complexity index is 729. The van der Waals surface area contributed by atoms with E-state index in [0.717, 1.165) is 11.1 Å². The van der Waals surface area contributed by atoms with Crippen LogP contribution in [0.2, 0.25) is 0 Å². The van der Waals surface area contributed by atoms with Crippen molar-refractivity contribution in [1.82, 2.24) is 5.32 Å². The van der Waals surface area contributed by atoms with Crippen molar-refractivity contribution in [2.45, 2.75) is 44.7 Å². The molecule has 29 heavy (non-hydrogen) atoms. The van der Waals surface area contributed by atoms with Gasteiger partial charge in [0.25, 0.3) is 0 Å². The molecule has 1 amide bonds. The van der Waals surface area contributed by atoms with Crippen LogP contribution in [0.5, 0.6) is 0 Å². The number of amides is 1. The number of carbonyl (C=O) groups is 2. The first-order valence-electron chi connectivity index (χ1n) is 9.23. The van der Waals surface area contributed by atoms with E-state index < -0.39 is 24.3 Å². The van der Waals surface area contributed by atoms with Crippen molar-refractivity contribution in [2.24, 2.45) is 11.5 Å². The maximum Gasteiger partial charge on any atom is 0.408 e. The molecule has 1 atom stereocenters. The standard InChI is InChI=1S/C21H27N3O4.ClH/c22-19(23)13-7-12-18(20(25)27-14-16-8-3-1-4-9-16)24-21(26)28-15-17-10-5-2-6-11-17;/h1-6,8-11,18-19H,7,12-15,22-23H2,(H,24,26);1H/t18-;/m0./s1. The molecule has 0 heterocycles. The summed E-state index contributed by atoms with van der Waals surface area (Å²) in [7, 11) is 0. The molecule has 2 aromatic carbocycles. The molecule has 5 N–H and O–H groups in total. The minimum atomic E-state index is -0.828. The van der Waals surface area contributed by atoms with Crippen LogP contribution in [0.3, 0.4) is 0 Å². The molecule has 2 aromatic rings. The first-order valence-corrected chi connectivity index (χ1v) is 9.23. The molecule has 0 saturated carbocycles. The first-order chi connectivity index (χ1) is 13.5. The topological polar surface area (TPSA) is 117 Å². The average molecular weight is 422 g/mol. The molecule has 0 aliphatic rings. The summed E-state index contributed by atoms with van der Waals surface area (Å²) < 4.78 is 10.5. The van der Waals surface area contributed by atoms with Crippen molar-refractivity contribution in [3.63, 3.8) is 0 Å². The number of rotatable bonds is 10. The Morgan fingerprint density at radius 3 is 1.86 bits per heavy atom. The third-order valence-electron chi connectivity index (χ3n) is 4.04. The zero-order valence-electron chi connectivity index (χ0n) is 16.2. The fraction of sp³-hybridized carbons (Fsp3) is 0.333. The molecule has 158 valence electrons. The number of ether oxygens (including phenoxy) is 2. The van der Waals surface area contributed by atoms with Crippen LogP contribution in [0.25, 0.3) is 0 Å². The Kier molecular flexibility index (Phi) is 11.4. The van der Waals surface area contributed by atoms with Gasteiger partial charge in [0.15, 0.2) is 0 Å². The van der Waals surface area contributed by atoms with Crippen molar-refractivity contribution < 1.29 is 19.1 Å². The van der Waals surface area contributed by atoms with Crippen LogP contribution in [0.4, 0.5) is 4.79 Å². The number of esters is 1. The van der Waals surface area contributed by atoms with Gasteiger partial charge < -0.3 is 26.3 Å². The maximum atomic E-state index is 12.4. The van der Waals surface area contributed by atoms with Gasteiger partial charge >= 0.3 is 12.1 Å². The fourth-order valence-electron chi connectivity index (χ4n) is 2.54. The highest BCUT2D eigenvalue weighted by atomic mass is 35.5. The number of nitrogens with one attached hydrogen (secondary N) is 1. The molecule has 0 aliphatic carbocycles. The van der Waals surface area contributed by atoms with Gasteiger partial charge in [-0.05, 0) is 30.4 Å². The molecule has 0 unspecified atom stereocenters. The molecule has 8 heteroatoms. The Morgan fingerprint density at radius 1 is 0.828 bits per heavy atom. The lowest BCUT2D eigenvalue weighted by Gasteiger charge is -2.18. The minimum Gasteiger partial charge on any atom is -0.459 e. The molecule has 0 radical (unpaired) electrons. The third kappa shape index (κ3) is 9.94. The van der Waals surface area contributed by atoms with Crippen LogP contribution < -0.4 is 16.8 Å². The molecule has 2 rings (SSSR count). The van der Waals surface area contributed by atoms with Gasteiger partial charge in [-0.25, -0.2) is 9.59 Å². The minimum absolute atomic E-state index is 0. The summed E-state index contributed by atoms with van der Waals surface area (Å²) in [6.45, 7) is 0.249. The SMILES string of the molecule is Cl.NC(N)CCC[C@H](NC(=O)OCc1ccccc1)C(=O)OCc1ccccc1. The number of nitrogens with two attached hydrogens (primary N) is 2. The normalized spacial score (nSPS) is 11.3. The summed E-state index contributed by atoms with van der Waals surface area (Å²) in [6, 6.07) is 17.8. The molecular formula is C21H28ClN3O4. The molecular weight excluding hydrogens is 394 g/mol. The second-order valence-electron chi connectivity index (χ2n) is 6.45. The van der Waals surface area contributed by atoms with Crippen LogP contribution in [0.15, 0.2) is 60.7 Å². The Balaban J connectivity index is 0.00000420. The fourth-order valence-corrected chi connectivity index (χ4v) is 2.54. The highest BCUT2D eigenvalue weighted by molar-refractivity contribution is 5.85. The molecule has 0 aromatic heterocycles. The van der Waals surface area contributed by atoms with E-state index >= 15 is 0 Å². The van der Waals surface area contributed by atoms with E-state index in [2.05, 4.69) is 5.32 Å². The van der Waals surface area contributed by atoms with Crippen LogP contribution in [-0.2, 0) is 27.5 Å². The highest BCUT2D eigenvalue weighted by Crippen LogP contribution is 2.08. The van der Waals surface area contributed by atoms with Crippen molar-refractivity contribution in [1.29, 1.82) is 0 Å². The number of benzene rings is 2. The first kappa shape index (κ1) is 24.4. The molecule has 7 nitrogen and oxygen atoms in total. The highest BCUT2D eigenvalue weighted by Gasteiger charge is 2.23. The second-order valence-corrected chi connectivity index (χ2v) is 6.45. The van der Waals surface area contributed by atoms with Crippen LogP contribution in [-0.4, -0.2) is 24.3 Å². The average Bonchev–Trinajstić information content (AvgIpc) is 2.71. The van der Waals surface area contributed by atoms with E-state index in [0.29, 0.717) is 19.3 Å². The molecule has 0 bridgehead atoms. The summed E-state index contributed by atoms with van der Waals surface area (Å²) >= 11 is 0. The van der Waals surface area contributed by atoms with E-state index in [1.807, 2.05) is 60.7 Å². The van der Waals surface area contributed by atoms with Crippen molar-refractivity contribution in [3.05, 3.63) is 71.8 Å². The predicted molar refractivity (Wildman–Crippen MR) is 113 cm³/mol. The molecule has 0 fully saturated rings. The monoisotopic (exact) mass is 421 g/mol. The Labute approximate surface area is 177 Å². The van der Waals surface area contributed by atoms with Gasteiger partial charge in [0.05, 0.1) is 6.17 Å². The van der Waals surface area contributed by atoms with Crippen molar-refractivity contribution in [3.8, 4) is 0 Å². The van der Waals surface area contributed by atoms with Crippen LogP contribution >= 0.6 is 12.4 Å². The van der Waals surface area contributed by atoms with E-state index in [1.165, 1.54) is 0 Å². The van der Waals surface area contributed by atoms with Crippen LogP contribution in [0, 0.1) is 0 Å². The zero-order chi connectivity index (χ0) is 20.2. The van der Waals surface area contributed by atoms with Gasteiger partial charge in [-0.15, -0.1) is 12.4 Å². The van der Waals surface area contributed by atoms with Gasteiger partial charge in [-0.1, -0.05) is 60.7 Å². The maximum absolute atomic E-state index is 12.4. The van der Waals surface area contributed by atoms with Gasteiger partial charge in [0, 0.05) is 0 Å². The number of hydrogen-bond donors (Lipinski definition) is 3. The van der Waals surface area contributed by atoms with E-state index in [-0.39, 0.29) is 25.6 Å². The van der Waals surface area contributed by atoms with Crippen LogP contribution in [0.1, 0.15) is 30.4 Å². The summed E-state index contributed by atoms with van der Waals surface area (Å²) in [5.74, 6) is -0.522. The zero-order valence-corrected chi connectivity index (χ0v) is 17.0. The summed E-state index contributed by atoms with van der Waals surface area (Å²) in [4.78, 5) is 24.6. The summed E-state index contributed by atoms with van der Waals surface area (Å²) in [5, 5.41) is 2.58. The van der Waals surface area contributed by atoms with Gasteiger partial charge in [0.2, 0.25) is 0 Å². The van der Waals surface area contributed by atoms with Crippen molar-refractivity contribution >= 4 is 24.5 Å². The lowest BCUT2D eigenvalue weighted by atomic mass is 10.1. The van der Waals surface area contributed by atoms with E-state index in [1.54, 1.807) is 0 Å². The summed E-state index contributed by atoms with van der Waals surface area (Å²) in [6.07, 6.45) is 0.317. The molecule has 0 spiro atoms. The lowest BCUT2D eigenvalue weighted by Crippen LogP contribution is -2.42. The number of hydrogen-bond acceptors (Lipinski definition) is 6. The Hall–Kier alpha value is -2.61. The summed E-state index contributed by atoms with van der Waals surface area (Å²) in [5.41, 5.74) is 12.8. The number of halogens is 1. The Morgan fingerprint density at radius 2 is 1.34 bits per heavy atom. The number of alkyl carbamates (subject to hydrolysis) is 1. The number of carbonyl (C=O) groups excluding carboxylic acids is 2. The van der Waals surface area contributed by atoms with Crippen molar-refractivity contribution in [2.75, 3.05) is 0 Å². The van der Waals surface area contributed by atoms with Gasteiger partial charge in [-0.3, -0.25) is 0 Å². The van der Waals surface area contributed by atoms with E-state index in [4.69, 9.17) is 20.9 Å². The molecule has 0 aliphatic heterocycles. The van der Waals surface area contributed by atoms with Gasteiger partial charge in [0.1, 0.15) is 19.3 Å². The second kappa shape index (κ2) is 13.5.